The number of nitrogens with zero attached hydrogens (tertiary/aromatic N) is 3. The Labute approximate surface area is 148 Å². The summed E-state index contributed by atoms with van der Waals surface area (Å²) in [6.07, 6.45) is 3.12. The molecule has 1 aromatic carbocycles. The number of ether oxygens (including phenoxy) is 2. The summed E-state index contributed by atoms with van der Waals surface area (Å²) < 4.78 is 10.5. The van der Waals surface area contributed by atoms with Gasteiger partial charge in [0, 0.05) is 19.6 Å². The summed E-state index contributed by atoms with van der Waals surface area (Å²) in [7, 11) is 3.16. The monoisotopic (exact) mass is 344 g/mol. The Morgan fingerprint density at radius 3 is 2.36 bits per heavy atom. The number of hydrogen-bond donors (Lipinski definition) is 1. The van der Waals surface area contributed by atoms with Crippen molar-refractivity contribution in [3.05, 3.63) is 41.9 Å². The molecule has 0 unspecified atom stereocenters. The topological polar surface area (TPSA) is 76.6 Å². The molecule has 1 amide bonds. The molecule has 1 heterocycles. The van der Waals surface area contributed by atoms with Crippen LogP contribution in [0, 0.1) is 0 Å². The normalized spacial score (nSPS) is 10.2. The van der Waals surface area contributed by atoms with Gasteiger partial charge in [-0.1, -0.05) is 6.07 Å². The van der Waals surface area contributed by atoms with Gasteiger partial charge in [-0.3, -0.25) is 4.79 Å². The second kappa shape index (κ2) is 8.86. The summed E-state index contributed by atoms with van der Waals surface area (Å²) in [4.78, 5) is 22.8. The summed E-state index contributed by atoms with van der Waals surface area (Å²) in [5.41, 5.74) is 1.19. The summed E-state index contributed by atoms with van der Waals surface area (Å²) in [6.45, 7) is 6.15. The number of nitrogens with one attached hydrogen (secondary N) is 1. The second-order valence-corrected chi connectivity index (χ2v) is 5.30. The molecule has 0 atom stereocenters. The number of hydrogen-bond acceptors (Lipinski definition) is 6. The van der Waals surface area contributed by atoms with Gasteiger partial charge in [0.05, 0.1) is 26.6 Å². The van der Waals surface area contributed by atoms with Crippen LogP contribution in [0.5, 0.6) is 11.5 Å². The number of carbonyl (C=O) groups is 1. The number of benzene rings is 1. The average Bonchev–Trinajstić information content (AvgIpc) is 2.67. The van der Waals surface area contributed by atoms with Crippen LogP contribution in [-0.4, -0.2) is 43.2 Å². The molecule has 134 valence electrons. The van der Waals surface area contributed by atoms with Gasteiger partial charge in [-0.25, -0.2) is 9.97 Å². The number of methoxy groups -OCH3 is 2. The SMILES string of the molecule is CCN(CC)c1cnc(C(=O)NCc2ccc(OC)c(OC)c2)cn1. The Bertz CT molecular complexity index is 700. The first-order chi connectivity index (χ1) is 12.1. The van der Waals surface area contributed by atoms with Crippen LogP contribution >= 0.6 is 0 Å². The molecule has 1 N–H and O–H groups in total. The first kappa shape index (κ1) is 18.5. The third-order valence-electron chi connectivity index (χ3n) is 3.86. The van der Waals surface area contributed by atoms with Crippen molar-refractivity contribution in [1.29, 1.82) is 0 Å². The van der Waals surface area contributed by atoms with Crippen LogP contribution in [0.25, 0.3) is 0 Å². The first-order valence-electron chi connectivity index (χ1n) is 8.19. The van der Waals surface area contributed by atoms with E-state index in [0.717, 1.165) is 24.5 Å². The lowest BCUT2D eigenvalue weighted by Crippen LogP contribution is -2.26. The molecule has 0 aliphatic heterocycles. The highest BCUT2D eigenvalue weighted by Crippen LogP contribution is 2.27. The predicted octanol–water partition coefficient (Wildman–Crippen LogP) is 2.27. The van der Waals surface area contributed by atoms with E-state index < -0.39 is 0 Å². The zero-order chi connectivity index (χ0) is 18.2. The molecule has 7 heteroatoms. The highest BCUT2D eigenvalue weighted by atomic mass is 16.5. The molecule has 1 aromatic heterocycles. The van der Waals surface area contributed by atoms with E-state index in [1.807, 2.05) is 12.1 Å². The van der Waals surface area contributed by atoms with Crippen LogP contribution in [0.3, 0.4) is 0 Å². The van der Waals surface area contributed by atoms with Crippen molar-refractivity contribution in [2.45, 2.75) is 20.4 Å². The van der Waals surface area contributed by atoms with Crippen molar-refractivity contribution < 1.29 is 14.3 Å². The summed E-state index contributed by atoms with van der Waals surface area (Å²) >= 11 is 0. The molecule has 0 fully saturated rings. The van der Waals surface area contributed by atoms with E-state index in [1.165, 1.54) is 6.20 Å². The number of aromatic nitrogens is 2. The molecule has 25 heavy (non-hydrogen) atoms. The summed E-state index contributed by atoms with van der Waals surface area (Å²) in [5.74, 6) is 1.77. The Morgan fingerprint density at radius 2 is 1.80 bits per heavy atom. The van der Waals surface area contributed by atoms with E-state index in [9.17, 15) is 4.79 Å². The van der Waals surface area contributed by atoms with Gasteiger partial charge >= 0.3 is 0 Å². The molecule has 0 aliphatic rings. The van der Waals surface area contributed by atoms with Gasteiger partial charge in [-0.15, -0.1) is 0 Å². The molecule has 0 radical (unpaired) electrons. The molecular formula is C18H24N4O3. The molecule has 0 saturated carbocycles. The van der Waals surface area contributed by atoms with Crippen molar-refractivity contribution in [1.82, 2.24) is 15.3 Å². The number of amides is 1. The molecule has 2 aromatic rings. The Balaban J connectivity index is 2.00. The summed E-state index contributed by atoms with van der Waals surface area (Å²) in [6, 6.07) is 5.50. The van der Waals surface area contributed by atoms with Gasteiger partial charge in [-0.05, 0) is 31.5 Å². The average molecular weight is 344 g/mol. The van der Waals surface area contributed by atoms with E-state index in [-0.39, 0.29) is 11.6 Å². The zero-order valence-electron chi connectivity index (χ0n) is 15.1. The van der Waals surface area contributed by atoms with Gasteiger partial charge in [0.25, 0.3) is 5.91 Å². The minimum atomic E-state index is -0.270. The quantitative estimate of drug-likeness (QED) is 0.792. The van der Waals surface area contributed by atoms with Crippen LogP contribution < -0.4 is 19.7 Å². The van der Waals surface area contributed by atoms with E-state index in [0.29, 0.717) is 18.0 Å². The van der Waals surface area contributed by atoms with Crippen LogP contribution in [-0.2, 0) is 6.54 Å². The van der Waals surface area contributed by atoms with Crippen LogP contribution in [0.15, 0.2) is 30.6 Å². The minimum absolute atomic E-state index is 0.270. The van der Waals surface area contributed by atoms with Gasteiger partial charge in [0.1, 0.15) is 11.5 Å². The Hall–Kier alpha value is -2.83. The maximum absolute atomic E-state index is 12.2. The Kier molecular flexibility index (Phi) is 6.56. The molecule has 0 spiro atoms. The van der Waals surface area contributed by atoms with Gasteiger partial charge in [0.15, 0.2) is 11.5 Å². The molecule has 7 nitrogen and oxygen atoms in total. The molecule has 0 bridgehead atoms. The standard InChI is InChI=1S/C18H24N4O3/c1-5-22(6-2)17-12-19-14(11-20-17)18(23)21-10-13-7-8-15(24-3)16(9-13)25-4/h7-9,11-12H,5-6,10H2,1-4H3,(H,21,23). The lowest BCUT2D eigenvalue weighted by atomic mass is 10.2. The van der Waals surface area contributed by atoms with Crippen LogP contribution in [0.1, 0.15) is 29.9 Å². The number of rotatable bonds is 8. The molecular weight excluding hydrogens is 320 g/mol. The largest absolute Gasteiger partial charge is 0.493 e. The third-order valence-corrected chi connectivity index (χ3v) is 3.86. The molecule has 0 aliphatic carbocycles. The van der Waals surface area contributed by atoms with Crippen molar-refractivity contribution in [2.75, 3.05) is 32.2 Å². The number of anilines is 1. The Morgan fingerprint density at radius 1 is 1.08 bits per heavy atom. The van der Waals surface area contributed by atoms with Crippen molar-refractivity contribution in [2.24, 2.45) is 0 Å². The lowest BCUT2D eigenvalue weighted by molar-refractivity contribution is 0.0945. The lowest BCUT2D eigenvalue weighted by Gasteiger charge is -2.18. The van der Waals surface area contributed by atoms with E-state index in [4.69, 9.17) is 9.47 Å². The maximum atomic E-state index is 12.2. The fourth-order valence-corrected chi connectivity index (χ4v) is 2.41. The van der Waals surface area contributed by atoms with Crippen LogP contribution in [0.4, 0.5) is 5.82 Å². The minimum Gasteiger partial charge on any atom is -0.493 e. The fraction of sp³-hybridized carbons (Fsp3) is 0.389. The van der Waals surface area contributed by atoms with Crippen molar-refractivity contribution in [3.8, 4) is 11.5 Å². The highest BCUT2D eigenvalue weighted by Gasteiger charge is 2.11. The zero-order valence-corrected chi connectivity index (χ0v) is 15.1. The molecule has 2 rings (SSSR count). The molecule has 0 saturated heterocycles. The summed E-state index contributed by atoms with van der Waals surface area (Å²) in [5, 5.41) is 2.83. The maximum Gasteiger partial charge on any atom is 0.271 e. The van der Waals surface area contributed by atoms with Crippen LogP contribution in [0.2, 0.25) is 0 Å². The van der Waals surface area contributed by atoms with Crippen molar-refractivity contribution >= 4 is 11.7 Å². The fourth-order valence-electron chi connectivity index (χ4n) is 2.41. The van der Waals surface area contributed by atoms with Gasteiger partial charge in [-0.2, -0.15) is 0 Å². The van der Waals surface area contributed by atoms with E-state index in [1.54, 1.807) is 26.5 Å². The second-order valence-electron chi connectivity index (χ2n) is 5.30. The van der Waals surface area contributed by atoms with Crippen molar-refractivity contribution in [3.63, 3.8) is 0 Å². The van der Waals surface area contributed by atoms with Gasteiger partial charge in [0.2, 0.25) is 0 Å². The third kappa shape index (κ3) is 4.59. The van der Waals surface area contributed by atoms with Gasteiger partial charge < -0.3 is 19.7 Å². The smallest absolute Gasteiger partial charge is 0.271 e. The predicted molar refractivity (Wildman–Crippen MR) is 96.3 cm³/mol. The highest BCUT2D eigenvalue weighted by molar-refractivity contribution is 5.91. The first-order valence-corrected chi connectivity index (χ1v) is 8.19. The number of carbonyl (C=O) groups excluding carboxylic acids is 1. The van der Waals surface area contributed by atoms with E-state index >= 15 is 0 Å². The van der Waals surface area contributed by atoms with E-state index in [2.05, 4.69) is 34.0 Å².